The number of esters is 1. The van der Waals surface area contributed by atoms with Gasteiger partial charge in [-0.2, -0.15) is 0 Å². The molecule has 2 saturated heterocycles. The van der Waals surface area contributed by atoms with Gasteiger partial charge in [0.25, 0.3) is 0 Å². The van der Waals surface area contributed by atoms with Crippen molar-refractivity contribution in [2.24, 2.45) is 5.41 Å². The molecule has 1 spiro atoms. The molecule has 4 aliphatic heterocycles. The molecule has 2 amide bonds. The van der Waals surface area contributed by atoms with Crippen LogP contribution in [0.4, 0.5) is 4.79 Å². The minimum absolute atomic E-state index is 0.0289. The average molecular weight is 561 g/mol. The molecule has 41 heavy (non-hydrogen) atoms. The van der Waals surface area contributed by atoms with Gasteiger partial charge < -0.3 is 18.8 Å². The number of ether oxygens (including phenoxy) is 2. The molecule has 1 aromatic heterocycles. The molecule has 8 heteroatoms. The molecule has 8 nitrogen and oxygen atoms in total. The third-order valence-electron chi connectivity index (χ3n) is 8.99. The predicted molar refractivity (Wildman–Crippen MR) is 152 cm³/mol. The zero-order chi connectivity index (χ0) is 28.8. The van der Waals surface area contributed by atoms with Crippen LogP contribution >= 0.6 is 0 Å². The molecular formula is C33H40N2O6. The molecule has 6 bridgehead atoms. The van der Waals surface area contributed by atoms with E-state index >= 15 is 0 Å². The van der Waals surface area contributed by atoms with E-state index in [1.807, 2.05) is 31.7 Å². The number of rotatable bonds is 3. The van der Waals surface area contributed by atoms with Crippen LogP contribution < -0.4 is 0 Å². The average Bonchev–Trinajstić information content (AvgIpc) is 3.55. The Morgan fingerprint density at radius 1 is 1.07 bits per heavy atom. The Bertz CT molecular complexity index is 1340. The molecule has 5 heterocycles. The molecule has 2 unspecified atom stereocenters. The minimum Gasteiger partial charge on any atom is -0.464 e. The van der Waals surface area contributed by atoms with Crippen LogP contribution in [-0.2, 0) is 20.7 Å². The van der Waals surface area contributed by atoms with E-state index in [-0.39, 0.29) is 18.4 Å². The highest BCUT2D eigenvalue weighted by Gasteiger charge is 2.70. The fourth-order valence-corrected chi connectivity index (χ4v) is 7.34. The second-order valence-corrected chi connectivity index (χ2v) is 12.8. The lowest BCUT2D eigenvalue weighted by Gasteiger charge is -2.44. The number of carbonyl (C=O) groups is 3. The van der Waals surface area contributed by atoms with E-state index in [9.17, 15) is 14.4 Å². The van der Waals surface area contributed by atoms with Crippen LogP contribution in [-0.4, -0.2) is 59.1 Å². The summed E-state index contributed by atoms with van der Waals surface area (Å²) in [6.07, 6.45) is 9.71. The van der Waals surface area contributed by atoms with Gasteiger partial charge in [-0.05, 0) is 77.5 Å². The van der Waals surface area contributed by atoms with Crippen LogP contribution in [0.1, 0.15) is 98.7 Å². The summed E-state index contributed by atoms with van der Waals surface area (Å²) in [5.74, 6) is 1.12. The van der Waals surface area contributed by atoms with Crippen molar-refractivity contribution < 1.29 is 28.3 Å². The fraction of sp³-hybridized carbons (Fsp3) is 0.545. The maximum Gasteiger partial charge on any atom is 0.411 e. The van der Waals surface area contributed by atoms with E-state index in [4.69, 9.17) is 13.9 Å². The van der Waals surface area contributed by atoms with Crippen LogP contribution in [0.15, 0.2) is 53.0 Å². The predicted octanol–water partition coefficient (Wildman–Crippen LogP) is 6.18. The van der Waals surface area contributed by atoms with Gasteiger partial charge in [0, 0.05) is 31.0 Å². The van der Waals surface area contributed by atoms with Crippen molar-refractivity contribution in [3.63, 3.8) is 0 Å². The van der Waals surface area contributed by atoms with Crippen LogP contribution in [0.3, 0.4) is 0 Å². The van der Waals surface area contributed by atoms with Gasteiger partial charge in [-0.25, -0.2) is 9.59 Å². The lowest BCUT2D eigenvalue weighted by Crippen LogP contribution is -2.53. The standard InChI is InChI=1S/C33H40N2O6/c1-32(2,3)41-31(38)35-23(21-39-29(36)22-13-9-8-10-14-22)20-33-26-16-18-34(30(33)37)17-12-7-5-4-6-11-15-24-19-25(26)27(40-24)28(33)35/h4,6,8-10,13-14,19,23,26,28H,5,7,11-12,15-18,20-21H2,1-3H3/b6-4-/t23-,26?,28?,33+/m1/s1. The number of amides is 2. The zero-order valence-electron chi connectivity index (χ0n) is 24.3. The van der Waals surface area contributed by atoms with Gasteiger partial charge in [0.1, 0.15) is 29.8 Å². The first-order valence-electron chi connectivity index (χ1n) is 15.0. The zero-order valence-corrected chi connectivity index (χ0v) is 24.3. The van der Waals surface area contributed by atoms with E-state index in [0.717, 1.165) is 49.8 Å². The number of fused-ring (bicyclic) bond motifs is 7. The first-order chi connectivity index (χ1) is 19.7. The smallest absolute Gasteiger partial charge is 0.411 e. The number of nitrogens with zero attached hydrogens (tertiary/aromatic N) is 2. The number of allylic oxidation sites excluding steroid dienone is 2. The summed E-state index contributed by atoms with van der Waals surface area (Å²) in [7, 11) is 0. The van der Waals surface area contributed by atoms with Crippen LogP contribution in [0.25, 0.3) is 0 Å². The van der Waals surface area contributed by atoms with Crippen molar-refractivity contribution in [3.05, 3.63) is 71.2 Å². The molecular weight excluding hydrogens is 520 g/mol. The normalized spacial score (nSPS) is 28.3. The SMILES string of the molecule is CC(C)(C)OC(=O)N1C2c3oc4cc3C3CCN(CCCC/C=C\CC4)C(=O)[C@@]32C[C@@H]1COC(=O)c1ccccc1. The van der Waals surface area contributed by atoms with E-state index < -0.39 is 35.2 Å². The Labute approximate surface area is 241 Å². The first-order valence-corrected chi connectivity index (χ1v) is 15.0. The minimum atomic E-state index is -0.871. The Morgan fingerprint density at radius 2 is 1.85 bits per heavy atom. The second kappa shape index (κ2) is 10.7. The van der Waals surface area contributed by atoms with Crippen LogP contribution in [0, 0.1) is 5.41 Å². The third-order valence-corrected chi connectivity index (χ3v) is 8.99. The maximum absolute atomic E-state index is 14.5. The van der Waals surface area contributed by atoms with Crippen LogP contribution in [0.5, 0.6) is 0 Å². The molecule has 5 aliphatic rings. The third kappa shape index (κ3) is 4.95. The van der Waals surface area contributed by atoms with Crippen LogP contribution in [0.2, 0.25) is 0 Å². The van der Waals surface area contributed by atoms with Crippen molar-refractivity contribution >= 4 is 18.0 Å². The molecule has 1 aromatic carbocycles. The number of hydrogen-bond donors (Lipinski definition) is 0. The summed E-state index contributed by atoms with van der Waals surface area (Å²) >= 11 is 0. The molecule has 4 atom stereocenters. The molecule has 7 rings (SSSR count). The highest BCUT2D eigenvalue weighted by molar-refractivity contribution is 5.90. The number of benzene rings is 1. The number of piperidine rings is 1. The monoisotopic (exact) mass is 560 g/mol. The lowest BCUT2D eigenvalue weighted by atomic mass is 9.67. The first kappa shape index (κ1) is 27.6. The van der Waals surface area contributed by atoms with Crippen molar-refractivity contribution in [1.82, 2.24) is 9.80 Å². The van der Waals surface area contributed by atoms with Gasteiger partial charge in [-0.3, -0.25) is 9.69 Å². The lowest BCUT2D eigenvalue weighted by molar-refractivity contribution is -0.149. The van der Waals surface area contributed by atoms with Gasteiger partial charge >= 0.3 is 12.1 Å². The highest BCUT2D eigenvalue weighted by Crippen LogP contribution is 2.67. The Balaban J connectivity index is 1.41. The Morgan fingerprint density at radius 3 is 2.63 bits per heavy atom. The summed E-state index contributed by atoms with van der Waals surface area (Å²) in [5.41, 5.74) is -0.120. The van der Waals surface area contributed by atoms with Gasteiger partial charge in [0.2, 0.25) is 5.91 Å². The second-order valence-electron chi connectivity index (χ2n) is 12.8. The van der Waals surface area contributed by atoms with E-state index in [2.05, 4.69) is 18.2 Å². The topological polar surface area (TPSA) is 89.3 Å². The Hall–Kier alpha value is -3.55. The summed E-state index contributed by atoms with van der Waals surface area (Å²) in [4.78, 5) is 45.1. The maximum atomic E-state index is 14.5. The summed E-state index contributed by atoms with van der Waals surface area (Å²) < 4.78 is 18.2. The van der Waals surface area contributed by atoms with E-state index in [1.165, 1.54) is 0 Å². The van der Waals surface area contributed by atoms with Crippen molar-refractivity contribution in [1.29, 1.82) is 0 Å². The van der Waals surface area contributed by atoms with Crippen molar-refractivity contribution in [3.8, 4) is 0 Å². The number of carbonyl (C=O) groups excluding carboxylic acids is 3. The van der Waals surface area contributed by atoms with Gasteiger partial charge in [-0.15, -0.1) is 0 Å². The van der Waals surface area contributed by atoms with Gasteiger partial charge in [-0.1, -0.05) is 30.4 Å². The summed E-state index contributed by atoms with van der Waals surface area (Å²) in [5, 5.41) is 0. The quantitative estimate of drug-likeness (QED) is 0.329. The molecule has 0 radical (unpaired) electrons. The molecule has 218 valence electrons. The molecule has 2 fully saturated rings. The summed E-state index contributed by atoms with van der Waals surface area (Å²) in [6.45, 7) is 6.85. The van der Waals surface area contributed by atoms with Gasteiger partial charge in [0.15, 0.2) is 0 Å². The van der Waals surface area contributed by atoms with Crippen molar-refractivity contribution in [2.45, 2.75) is 89.3 Å². The summed E-state index contributed by atoms with van der Waals surface area (Å²) in [6, 6.07) is 9.80. The van der Waals surface area contributed by atoms with E-state index in [0.29, 0.717) is 30.8 Å². The van der Waals surface area contributed by atoms with Crippen molar-refractivity contribution in [2.75, 3.05) is 19.7 Å². The Kier molecular flexibility index (Phi) is 7.20. The molecule has 0 saturated carbocycles. The fourth-order valence-electron chi connectivity index (χ4n) is 7.34. The molecule has 1 aliphatic carbocycles. The van der Waals surface area contributed by atoms with E-state index in [1.54, 1.807) is 29.2 Å². The number of hydrogen-bond acceptors (Lipinski definition) is 6. The molecule has 2 aromatic rings. The highest BCUT2D eigenvalue weighted by atomic mass is 16.6. The number of aryl methyl sites for hydroxylation is 1. The number of furan rings is 1. The van der Waals surface area contributed by atoms with Gasteiger partial charge in [0.05, 0.1) is 17.0 Å². The largest absolute Gasteiger partial charge is 0.464 e. The number of likely N-dealkylation sites (tertiary alicyclic amines) is 1. The molecule has 0 N–H and O–H groups in total.